The Bertz CT molecular complexity index is 258. The molecule has 2 nitrogen and oxygen atoms in total. The summed E-state index contributed by atoms with van der Waals surface area (Å²) in [6, 6.07) is 4.68. The summed E-state index contributed by atoms with van der Waals surface area (Å²) < 4.78 is 0. The third kappa shape index (κ3) is 3.58. The van der Waals surface area contributed by atoms with E-state index in [0.29, 0.717) is 6.04 Å². The van der Waals surface area contributed by atoms with Crippen molar-refractivity contribution in [2.75, 3.05) is 11.1 Å². The zero-order valence-corrected chi connectivity index (χ0v) is 9.90. The normalized spacial score (nSPS) is 12.5. The van der Waals surface area contributed by atoms with Crippen LogP contribution in [0.5, 0.6) is 0 Å². The summed E-state index contributed by atoms with van der Waals surface area (Å²) in [4.78, 5) is 4.36. The molecule has 1 aromatic heterocycles. The van der Waals surface area contributed by atoms with Gasteiger partial charge in [-0.15, -0.1) is 11.8 Å². The lowest BCUT2D eigenvalue weighted by atomic mass is 10.2. The molecule has 0 aliphatic carbocycles. The lowest BCUT2D eigenvalue weighted by molar-refractivity contribution is 0.763. The molecule has 0 amide bonds. The van der Waals surface area contributed by atoms with Crippen molar-refractivity contribution in [2.45, 2.75) is 38.3 Å². The summed E-state index contributed by atoms with van der Waals surface area (Å²) in [6.07, 6.45) is 3.04. The third-order valence-corrected chi connectivity index (χ3v) is 2.88. The van der Waals surface area contributed by atoms with E-state index >= 15 is 0 Å². The second kappa shape index (κ2) is 5.91. The van der Waals surface area contributed by atoms with Crippen LogP contribution in [0.15, 0.2) is 23.4 Å². The summed E-state index contributed by atoms with van der Waals surface area (Å²) in [5.41, 5.74) is 1.11. The van der Waals surface area contributed by atoms with Crippen LogP contribution in [0.25, 0.3) is 0 Å². The lowest BCUT2D eigenvalue weighted by Crippen LogP contribution is -2.13. The zero-order valence-electron chi connectivity index (χ0n) is 9.08. The maximum Gasteiger partial charge on any atom is 0.0961 e. The van der Waals surface area contributed by atoms with Crippen LogP contribution in [0.2, 0.25) is 0 Å². The van der Waals surface area contributed by atoms with Crippen LogP contribution in [0.1, 0.15) is 27.2 Å². The fraction of sp³-hybridized carbons (Fsp3) is 0.545. The first-order valence-electron chi connectivity index (χ1n) is 5.11. The summed E-state index contributed by atoms with van der Waals surface area (Å²) in [5, 5.41) is 4.49. The number of pyridine rings is 1. The molecule has 1 aromatic rings. The molecule has 14 heavy (non-hydrogen) atoms. The Morgan fingerprint density at radius 1 is 1.43 bits per heavy atom. The number of hydrogen-bond acceptors (Lipinski definition) is 3. The van der Waals surface area contributed by atoms with Crippen molar-refractivity contribution in [3.63, 3.8) is 0 Å². The molecule has 1 atom stereocenters. The Morgan fingerprint density at radius 2 is 2.21 bits per heavy atom. The highest BCUT2D eigenvalue weighted by atomic mass is 32.2. The van der Waals surface area contributed by atoms with Crippen molar-refractivity contribution in [3.8, 4) is 0 Å². The van der Waals surface area contributed by atoms with Gasteiger partial charge < -0.3 is 5.32 Å². The average molecular weight is 210 g/mol. The van der Waals surface area contributed by atoms with E-state index in [1.54, 1.807) is 11.8 Å². The van der Waals surface area contributed by atoms with Gasteiger partial charge in [0, 0.05) is 6.04 Å². The number of thioether (sulfide) groups is 1. The highest BCUT2D eigenvalue weighted by Gasteiger charge is 1.99. The van der Waals surface area contributed by atoms with Gasteiger partial charge in [-0.2, -0.15) is 0 Å². The van der Waals surface area contributed by atoms with Gasteiger partial charge in [0.2, 0.25) is 0 Å². The van der Waals surface area contributed by atoms with Crippen molar-refractivity contribution in [3.05, 3.63) is 18.3 Å². The van der Waals surface area contributed by atoms with Crippen LogP contribution in [0.3, 0.4) is 0 Å². The van der Waals surface area contributed by atoms with Gasteiger partial charge in [0.1, 0.15) is 0 Å². The van der Waals surface area contributed by atoms with Gasteiger partial charge in [-0.05, 0) is 31.2 Å². The number of rotatable bonds is 5. The second-order valence-electron chi connectivity index (χ2n) is 3.27. The van der Waals surface area contributed by atoms with E-state index in [2.05, 4.69) is 43.2 Å². The standard InChI is InChI=1S/C11H18N2S/c1-4-9(3)13-10-6-7-11(12-8-10)14-5-2/h6-9,13H,4-5H2,1-3H3. The summed E-state index contributed by atoms with van der Waals surface area (Å²) in [7, 11) is 0. The molecule has 0 bridgehead atoms. The summed E-state index contributed by atoms with van der Waals surface area (Å²) >= 11 is 1.77. The van der Waals surface area contributed by atoms with Crippen LogP contribution in [0, 0.1) is 0 Å². The van der Waals surface area contributed by atoms with Crippen molar-refractivity contribution < 1.29 is 0 Å². The number of nitrogens with zero attached hydrogens (tertiary/aromatic N) is 1. The van der Waals surface area contributed by atoms with Gasteiger partial charge in [0.25, 0.3) is 0 Å². The Labute approximate surface area is 90.5 Å². The van der Waals surface area contributed by atoms with Gasteiger partial charge in [-0.3, -0.25) is 0 Å². The third-order valence-electron chi connectivity index (χ3n) is 2.05. The van der Waals surface area contributed by atoms with Crippen LogP contribution in [0.4, 0.5) is 5.69 Å². The van der Waals surface area contributed by atoms with Gasteiger partial charge in [0.15, 0.2) is 0 Å². The van der Waals surface area contributed by atoms with E-state index in [9.17, 15) is 0 Å². The minimum atomic E-state index is 0.515. The fourth-order valence-electron chi connectivity index (χ4n) is 1.09. The first-order chi connectivity index (χ1) is 6.76. The average Bonchev–Trinajstić information content (AvgIpc) is 2.21. The second-order valence-corrected chi connectivity index (χ2v) is 4.56. The lowest BCUT2D eigenvalue weighted by Gasteiger charge is -2.12. The monoisotopic (exact) mass is 210 g/mol. The molecule has 1 unspecified atom stereocenters. The Balaban J connectivity index is 2.54. The molecule has 0 fully saturated rings. The maximum absolute atomic E-state index is 4.36. The maximum atomic E-state index is 4.36. The van der Waals surface area contributed by atoms with E-state index < -0.39 is 0 Å². The smallest absolute Gasteiger partial charge is 0.0961 e. The Kier molecular flexibility index (Phi) is 4.80. The molecular formula is C11H18N2S. The van der Waals surface area contributed by atoms with Crippen molar-refractivity contribution in [2.24, 2.45) is 0 Å². The molecule has 0 aliphatic heterocycles. The first-order valence-corrected chi connectivity index (χ1v) is 6.10. The van der Waals surface area contributed by atoms with Crippen LogP contribution in [-0.2, 0) is 0 Å². The zero-order chi connectivity index (χ0) is 10.4. The molecule has 0 spiro atoms. The topological polar surface area (TPSA) is 24.9 Å². The van der Waals surface area contributed by atoms with Crippen LogP contribution in [-0.4, -0.2) is 16.8 Å². The molecule has 0 radical (unpaired) electrons. The quantitative estimate of drug-likeness (QED) is 0.754. The molecule has 3 heteroatoms. The van der Waals surface area contributed by atoms with Crippen molar-refractivity contribution in [1.29, 1.82) is 0 Å². The number of anilines is 1. The molecule has 0 saturated heterocycles. The molecule has 0 saturated carbocycles. The predicted octanol–water partition coefficient (Wildman–Crippen LogP) is 3.40. The first kappa shape index (κ1) is 11.4. The van der Waals surface area contributed by atoms with E-state index in [4.69, 9.17) is 0 Å². The molecule has 1 rings (SSSR count). The Hall–Kier alpha value is -0.700. The highest BCUT2D eigenvalue weighted by molar-refractivity contribution is 7.99. The summed E-state index contributed by atoms with van der Waals surface area (Å²) in [6.45, 7) is 6.48. The summed E-state index contributed by atoms with van der Waals surface area (Å²) in [5.74, 6) is 1.07. The van der Waals surface area contributed by atoms with Crippen molar-refractivity contribution >= 4 is 17.4 Å². The van der Waals surface area contributed by atoms with Crippen LogP contribution < -0.4 is 5.32 Å². The van der Waals surface area contributed by atoms with Crippen molar-refractivity contribution in [1.82, 2.24) is 4.98 Å². The van der Waals surface area contributed by atoms with E-state index in [1.807, 2.05) is 6.20 Å². The van der Waals surface area contributed by atoms with Gasteiger partial charge in [-0.1, -0.05) is 13.8 Å². The van der Waals surface area contributed by atoms with Gasteiger partial charge >= 0.3 is 0 Å². The minimum absolute atomic E-state index is 0.515. The van der Waals surface area contributed by atoms with E-state index in [1.165, 1.54) is 0 Å². The fourth-order valence-corrected chi connectivity index (χ4v) is 1.67. The molecule has 1 heterocycles. The molecule has 1 N–H and O–H groups in total. The molecular weight excluding hydrogens is 192 g/mol. The molecule has 0 aromatic carbocycles. The highest BCUT2D eigenvalue weighted by Crippen LogP contribution is 2.17. The number of aromatic nitrogens is 1. The van der Waals surface area contributed by atoms with Crippen LogP contribution >= 0.6 is 11.8 Å². The molecule has 78 valence electrons. The Morgan fingerprint density at radius 3 is 2.71 bits per heavy atom. The minimum Gasteiger partial charge on any atom is -0.381 e. The number of nitrogens with one attached hydrogen (secondary N) is 1. The predicted molar refractivity (Wildman–Crippen MR) is 64.0 cm³/mol. The van der Waals surface area contributed by atoms with Gasteiger partial charge in [-0.25, -0.2) is 4.98 Å². The van der Waals surface area contributed by atoms with E-state index in [0.717, 1.165) is 22.9 Å². The largest absolute Gasteiger partial charge is 0.381 e. The van der Waals surface area contributed by atoms with E-state index in [-0.39, 0.29) is 0 Å². The SMILES string of the molecule is CCSc1ccc(NC(C)CC)cn1. The van der Waals surface area contributed by atoms with Gasteiger partial charge in [0.05, 0.1) is 16.9 Å². The molecule has 0 aliphatic rings. The number of hydrogen-bond donors (Lipinski definition) is 1.